The van der Waals surface area contributed by atoms with Gasteiger partial charge in [-0.15, -0.1) is 0 Å². The lowest BCUT2D eigenvalue weighted by Crippen LogP contribution is -2.54. The molecule has 0 radical (unpaired) electrons. The molecule has 2 N–H and O–H groups in total. The van der Waals surface area contributed by atoms with Crippen LogP contribution in [-0.2, 0) is 11.4 Å². The van der Waals surface area contributed by atoms with Crippen LogP contribution in [0.15, 0.2) is 54.6 Å². The van der Waals surface area contributed by atoms with E-state index in [0.29, 0.717) is 31.2 Å². The maximum Gasteiger partial charge on any atom is 0.260 e. The van der Waals surface area contributed by atoms with E-state index < -0.39 is 0 Å². The van der Waals surface area contributed by atoms with Crippen molar-refractivity contribution < 1.29 is 14.3 Å². The number of likely N-dealkylation sites (tertiary alicyclic amines) is 1. The molecular formula is C22H28N2O3. The van der Waals surface area contributed by atoms with E-state index in [1.165, 1.54) is 0 Å². The number of hydrogen-bond donors (Lipinski definition) is 1. The first-order valence-corrected chi connectivity index (χ1v) is 9.37. The molecule has 27 heavy (non-hydrogen) atoms. The molecule has 1 aliphatic heterocycles. The van der Waals surface area contributed by atoms with Gasteiger partial charge in [0.15, 0.2) is 18.1 Å². The normalized spacial score (nSPS) is 18.8. The number of carbonyl (C=O) groups is 1. The second-order valence-electron chi connectivity index (χ2n) is 7.71. The van der Waals surface area contributed by atoms with E-state index in [1.807, 2.05) is 59.5 Å². The number of piperidine rings is 1. The SMILES string of the molecule is CC1(C)CN(C(=O)COc2ccccc2OCc2ccccc2)CCC1N. The third-order valence-electron chi connectivity index (χ3n) is 5.10. The zero-order valence-electron chi connectivity index (χ0n) is 16.1. The number of hydrogen-bond acceptors (Lipinski definition) is 4. The fourth-order valence-corrected chi connectivity index (χ4v) is 3.24. The Morgan fingerprint density at radius 2 is 1.70 bits per heavy atom. The molecule has 0 aliphatic carbocycles. The number of nitrogens with two attached hydrogens (primary N) is 1. The minimum absolute atomic E-state index is 0.00295. The van der Waals surface area contributed by atoms with Gasteiger partial charge < -0.3 is 20.1 Å². The molecule has 0 spiro atoms. The monoisotopic (exact) mass is 368 g/mol. The zero-order chi connectivity index (χ0) is 19.3. The van der Waals surface area contributed by atoms with Crippen molar-refractivity contribution >= 4 is 5.91 Å². The van der Waals surface area contributed by atoms with E-state index in [4.69, 9.17) is 15.2 Å². The van der Waals surface area contributed by atoms with Crippen LogP contribution in [0.3, 0.4) is 0 Å². The Morgan fingerprint density at radius 3 is 2.37 bits per heavy atom. The van der Waals surface area contributed by atoms with Gasteiger partial charge in [0.1, 0.15) is 6.61 Å². The first-order valence-electron chi connectivity index (χ1n) is 9.37. The number of nitrogens with zero attached hydrogens (tertiary/aromatic N) is 1. The average molecular weight is 368 g/mol. The summed E-state index contributed by atoms with van der Waals surface area (Å²) in [6.45, 7) is 5.99. The highest BCUT2D eigenvalue weighted by molar-refractivity contribution is 5.78. The van der Waals surface area contributed by atoms with Crippen molar-refractivity contribution in [1.29, 1.82) is 0 Å². The van der Waals surface area contributed by atoms with E-state index >= 15 is 0 Å². The van der Waals surface area contributed by atoms with Gasteiger partial charge in [0, 0.05) is 19.1 Å². The Hall–Kier alpha value is -2.53. The molecule has 3 rings (SSSR count). The van der Waals surface area contributed by atoms with Crippen LogP contribution in [0.5, 0.6) is 11.5 Å². The molecule has 1 atom stereocenters. The molecular weight excluding hydrogens is 340 g/mol. The molecule has 1 unspecified atom stereocenters. The van der Waals surface area contributed by atoms with Gasteiger partial charge in [0.05, 0.1) is 0 Å². The Bertz CT molecular complexity index is 761. The Kier molecular flexibility index (Phi) is 6.01. The number of benzene rings is 2. The summed E-state index contributed by atoms with van der Waals surface area (Å²) in [5, 5.41) is 0. The summed E-state index contributed by atoms with van der Waals surface area (Å²) >= 11 is 0. The summed E-state index contributed by atoms with van der Waals surface area (Å²) in [5.74, 6) is 1.19. The molecule has 0 saturated carbocycles. The summed E-state index contributed by atoms with van der Waals surface area (Å²) in [6.07, 6.45) is 0.815. The predicted octanol–water partition coefficient (Wildman–Crippen LogP) is 3.23. The quantitative estimate of drug-likeness (QED) is 0.850. The van der Waals surface area contributed by atoms with E-state index in [2.05, 4.69) is 13.8 Å². The molecule has 1 fully saturated rings. The third-order valence-corrected chi connectivity index (χ3v) is 5.10. The molecule has 1 saturated heterocycles. The molecule has 2 aromatic rings. The highest BCUT2D eigenvalue weighted by atomic mass is 16.5. The number of carbonyl (C=O) groups excluding carboxylic acids is 1. The second kappa shape index (κ2) is 8.44. The number of ether oxygens (including phenoxy) is 2. The maximum absolute atomic E-state index is 12.6. The molecule has 5 heteroatoms. The van der Waals surface area contributed by atoms with E-state index in [0.717, 1.165) is 12.0 Å². The van der Waals surface area contributed by atoms with Crippen LogP contribution in [0.4, 0.5) is 0 Å². The van der Waals surface area contributed by atoms with Gasteiger partial charge in [0.2, 0.25) is 0 Å². The minimum Gasteiger partial charge on any atom is -0.485 e. The van der Waals surface area contributed by atoms with Crippen LogP contribution in [-0.4, -0.2) is 36.5 Å². The average Bonchev–Trinajstić information content (AvgIpc) is 2.68. The van der Waals surface area contributed by atoms with E-state index in [9.17, 15) is 4.79 Å². The highest BCUT2D eigenvalue weighted by Crippen LogP contribution is 2.29. The second-order valence-corrected chi connectivity index (χ2v) is 7.71. The van der Waals surface area contributed by atoms with Crippen LogP contribution < -0.4 is 15.2 Å². The largest absolute Gasteiger partial charge is 0.485 e. The van der Waals surface area contributed by atoms with Crippen molar-refractivity contribution in [3.63, 3.8) is 0 Å². The van der Waals surface area contributed by atoms with Crippen molar-refractivity contribution in [2.24, 2.45) is 11.1 Å². The topological polar surface area (TPSA) is 64.8 Å². The fraction of sp³-hybridized carbons (Fsp3) is 0.409. The van der Waals surface area contributed by atoms with E-state index in [-0.39, 0.29) is 24.0 Å². The van der Waals surface area contributed by atoms with Crippen molar-refractivity contribution in [2.75, 3.05) is 19.7 Å². The zero-order valence-corrected chi connectivity index (χ0v) is 16.1. The van der Waals surface area contributed by atoms with Gasteiger partial charge in [-0.05, 0) is 29.5 Å². The molecule has 144 valence electrons. The Balaban J connectivity index is 1.57. The maximum atomic E-state index is 12.6. The third kappa shape index (κ3) is 5.01. The highest BCUT2D eigenvalue weighted by Gasteiger charge is 2.35. The molecule has 2 aromatic carbocycles. The fourth-order valence-electron chi connectivity index (χ4n) is 3.24. The van der Waals surface area contributed by atoms with Crippen LogP contribution in [0.1, 0.15) is 25.8 Å². The predicted molar refractivity (Wildman–Crippen MR) is 106 cm³/mol. The lowest BCUT2D eigenvalue weighted by Gasteiger charge is -2.42. The molecule has 0 aromatic heterocycles. The van der Waals surface area contributed by atoms with Gasteiger partial charge in [-0.3, -0.25) is 4.79 Å². The molecule has 1 aliphatic rings. The van der Waals surface area contributed by atoms with Crippen molar-refractivity contribution in [3.8, 4) is 11.5 Å². The first kappa shape index (κ1) is 19.2. The number of para-hydroxylation sites is 2. The molecule has 1 heterocycles. The summed E-state index contributed by atoms with van der Waals surface area (Å²) in [7, 11) is 0. The van der Waals surface area contributed by atoms with Gasteiger partial charge in [0.25, 0.3) is 5.91 Å². The van der Waals surface area contributed by atoms with Crippen LogP contribution in [0.2, 0.25) is 0 Å². The summed E-state index contributed by atoms with van der Waals surface area (Å²) in [4.78, 5) is 14.4. The minimum atomic E-state index is -0.0788. The molecule has 5 nitrogen and oxygen atoms in total. The van der Waals surface area contributed by atoms with Crippen LogP contribution in [0, 0.1) is 5.41 Å². The smallest absolute Gasteiger partial charge is 0.260 e. The number of amides is 1. The van der Waals surface area contributed by atoms with Crippen LogP contribution >= 0.6 is 0 Å². The van der Waals surface area contributed by atoms with Crippen molar-refractivity contribution in [1.82, 2.24) is 4.90 Å². The van der Waals surface area contributed by atoms with Gasteiger partial charge >= 0.3 is 0 Å². The van der Waals surface area contributed by atoms with Crippen LogP contribution in [0.25, 0.3) is 0 Å². The van der Waals surface area contributed by atoms with Gasteiger partial charge in [-0.2, -0.15) is 0 Å². The van der Waals surface area contributed by atoms with Gasteiger partial charge in [-0.25, -0.2) is 0 Å². The molecule has 1 amide bonds. The summed E-state index contributed by atoms with van der Waals surface area (Å²) in [5.41, 5.74) is 7.16. The number of rotatable bonds is 6. The Labute approximate surface area is 161 Å². The van der Waals surface area contributed by atoms with Gasteiger partial charge in [-0.1, -0.05) is 56.3 Å². The molecule has 0 bridgehead atoms. The first-order chi connectivity index (χ1) is 13.0. The van der Waals surface area contributed by atoms with E-state index in [1.54, 1.807) is 0 Å². The lowest BCUT2D eigenvalue weighted by atomic mass is 9.80. The standard InChI is InChI=1S/C22H28N2O3/c1-22(2)16-24(13-12-20(22)23)21(25)15-27-19-11-7-6-10-18(19)26-14-17-8-4-3-5-9-17/h3-11,20H,12-16,23H2,1-2H3. The lowest BCUT2D eigenvalue weighted by molar-refractivity contribution is -0.136. The Morgan fingerprint density at radius 1 is 1.07 bits per heavy atom. The summed E-state index contributed by atoms with van der Waals surface area (Å²) in [6, 6.07) is 17.5. The summed E-state index contributed by atoms with van der Waals surface area (Å²) < 4.78 is 11.7. The van der Waals surface area contributed by atoms with Crippen molar-refractivity contribution in [2.45, 2.75) is 32.9 Å². The van der Waals surface area contributed by atoms with Crippen molar-refractivity contribution in [3.05, 3.63) is 60.2 Å².